The third-order valence-electron chi connectivity index (χ3n) is 2.93. The molecule has 0 aromatic heterocycles. The smallest absolute Gasteiger partial charge is 0.253 e. The number of carbonyl (C=O) groups excluding carboxylic acids is 1. The van der Waals surface area contributed by atoms with Crippen molar-refractivity contribution in [3.05, 3.63) is 29.6 Å². The van der Waals surface area contributed by atoms with Crippen molar-refractivity contribution in [3.8, 4) is 5.75 Å². The van der Waals surface area contributed by atoms with E-state index in [4.69, 9.17) is 4.74 Å². The van der Waals surface area contributed by atoms with Crippen molar-refractivity contribution in [2.45, 2.75) is 32.8 Å². The molecule has 0 spiro atoms. The topological polar surface area (TPSA) is 29.5 Å². The Balaban J connectivity index is 2.15. The fourth-order valence-electron chi connectivity index (χ4n) is 2.09. The monoisotopic (exact) mass is 251 g/mol. The number of likely N-dealkylation sites (tertiary alicyclic amines) is 1. The lowest BCUT2D eigenvalue weighted by molar-refractivity contribution is 0.0792. The van der Waals surface area contributed by atoms with Gasteiger partial charge in [-0.2, -0.15) is 0 Å². The van der Waals surface area contributed by atoms with Gasteiger partial charge in [0.1, 0.15) is 0 Å². The highest BCUT2D eigenvalue weighted by Gasteiger charge is 2.20. The first-order valence-corrected chi connectivity index (χ1v) is 6.33. The van der Waals surface area contributed by atoms with E-state index in [1.807, 2.05) is 13.8 Å². The Kier molecular flexibility index (Phi) is 3.84. The average molecular weight is 251 g/mol. The van der Waals surface area contributed by atoms with E-state index in [-0.39, 0.29) is 17.8 Å². The van der Waals surface area contributed by atoms with Gasteiger partial charge in [-0.1, -0.05) is 0 Å². The van der Waals surface area contributed by atoms with Crippen molar-refractivity contribution in [1.82, 2.24) is 4.90 Å². The van der Waals surface area contributed by atoms with Gasteiger partial charge >= 0.3 is 0 Å². The summed E-state index contributed by atoms with van der Waals surface area (Å²) in [4.78, 5) is 13.8. The van der Waals surface area contributed by atoms with Gasteiger partial charge in [0.2, 0.25) is 0 Å². The summed E-state index contributed by atoms with van der Waals surface area (Å²) in [5.41, 5.74) is 0.394. The summed E-state index contributed by atoms with van der Waals surface area (Å²) in [7, 11) is 0. The molecule has 3 nitrogen and oxygen atoms in total. The van der Waals surface area contributed by atoms with Crippen LogP contribution in [0.3, 0.4) is 0 Å². The largest absolute Gasteiger partial charge is 0.488 e. The molecule has 1 saturated heterocycles. The summed E-state index contributed by atoms with van der Waals surface area (Å²) >= 11 is 0. The second kappa shape index (κ2) is 5.38. The fourth-order valence-corrected chi connectivity index (χ4v) is 2.09. The van der Waals surface area contributed by atoms with Crippen LogP contribution in [0.2, 0.25) is 0 Å². The molecule has 0 saturated carbocycles. The standard InChI is InChI=1S/C14H18FNO2/c1-10(2)18-13-6-5-11(9-12(13)15)14(17)16-7-3-4-8-16/h5-6,9-10H,3-4,7-8H2,1-2H3. The van der Waals surface area contributed by atoms with Crippen LogP contribution in [0.5, 0.6) is 5.75 Å². The molecule has 1 aromatic carbocycles. The molecular formula is C14H18FNO2. The minimum Gasteiger partial charge on any atom is -0.488 e. The molecule has 0 unspecified atom stereocenters. The Morgan fingerprint density at radius 3 is 2.56 bits per heavy atom. The van der Waals surface area contributed by atoms with Crippen molar-refractivity contribution in [1.29, 1.82) is 0 Å². The maximum absolute atomic E-state index is 13.8. The van der Waals surface area contributed by atoms with Gasteiger partial charge in [0, 0.05) is 18.7 Å². The number of ether oxygens (including phenoxy) is 1. The molecule has 1 aliphatic heterocycles. The molecular weight excluding hydrogens is 233 g/mol. The lowest BCUT2D eigenvalue weighted by Gasteiger charge is -2.16. The number of benzene rings is 1. The Bertz CT molecular complexity index is 439. The van der Waals surface area contributed by atoms with E-state index in [0.29, 0.717) is 5.56 Å². The summed E-state index contributed by atoms with van der Waals surface area (Å²) in [6.07, 6.45) is 1.98. The maximum atomic E-state index is 13.8. The van der Waals surface area contributed by atoms with Crippen molar-refractivity contribution in [2.24, 2.45) is 0 Å². The first kappa shape index (κ1) is 12.9. The second-order valence-corrected chi connectivity index (χ2v) is 4.81. The summed E-state index contributed by atoms with van der Waals surface area (Å²) in [5.74, 6) is -0.376. The zero-order chi connectivity index (χ0) is 13.1. The molecule has 0 aliphatic carbocycles. The van der Waals surface area contributed by atoms with Gasteiger partial charge in [-0.3, -0.25) is 4.79 Å². The van der Waals surface area contributed by atoms with Crippen LogP contribution in [0.15, 0.2) is 18.2 Å². The van der Waals surface area contributed by atoms with Crippen molar-refractivity contribution in [3.63, 3.8) is 0 Å². The molecule has 1 amide bonds. The number of carbonyl (C=O) groups is 1. The van der Waals surface area contributed by atoms with Gasteiger partial charge in [-0.25, -0.2) is 4.39 Å². The zero-order valence-electron chi connectivity index (χ0n) is 10.8. The number of hydrogen-bond donors (Lipinski definition) is 0. The number of amides is 1. The molecule has 1 heterocycles. The lowest BCUT2D eigenvalue weighted by atomic mass is 10.2. The molecule has 1 aliphatic rings. The van der Waals surface area contributed by atoms with Gasteiger partial charge in [0.05, 0.1) is 6.10 Å². The second-order valence-electron chi connectivity index (χ2n) is 4.81. The van der Waals surface area contributed by atoms with Crippen LogP contribution < -0.4 is 4.74 Å². The van der Waals surface area contributed by atoms with Gasteiger partial charge < -0.3 is 9.64 Å². The molecule has 2 rings (SSSR count). The van der Waals surface area contributed by atoms with Crippen LogP contribution in [-0.2, 0) is 0 Å². The highest BCUT2D eigenvalue weighted by Crippen LogP contribution is 2.21. The van der Waals surface area contributed by atoms with Crippen LogP contribution in [0, 0.1) is 5.82 Å². The van der Waals surface area contributed by atoms with E-state index in [1.165, 1.54) is 12.1 Å². The molecule has 0 atom stereocenters. The van der Waals surface area contributed by atoms with Crippen LogP contribution >= 0.6 is 0 Å². The third-order valence-corrected chi connectivity index (χ3v) is 2.93. The van der Waals surface area contributed by atoms with E-state index >= 15 is 0 Å². The molecule has 0 N–H and O–H groups in total. The average Bonchev–Trinajstić information content (AvgIpc) is 2.84. The predicted octanol–water partition coefficient (Wildman–Crippen LogP) is 2.85. The van der Waals surface area contributed by atoms with E-state index in [1.54, 1.807) is 11.0 Å². The van der Waals surface area contributed by atoms with Crippen LogP contribution in [0.4, 0.5) is 4.39 Å². The SMILES string of the molecule is CC(C)Oc1ccc(C(=O)N2CCCC2)cc1F. The molecule has 4 heteroatoms. The van der Waals surface area contributed by atoms with Crippen molar-refractivity contribution < 1.29 is 13.9 Å². The zero-order valence-corrected chi connectivity index (χ0v) is 10.8. The van der Waals surface area contributed by atoms with Gasteiger partial charge in [0.15, 0.2) is 11.6 Å². The molecule has 18 heavy (non-hydrogen) atoms. The Hall–Kier alpha value is -1.58. The fraction of sp³-hybridized carbons (Fsp3) is 0.500. The Morgan fingerprint density at radius 2 is 2.00 bits per heavy atom. The molecule has 1 aromatic rings. The minimum absolute atomic E-state index is 0.0837. The lowest BCUT2D eigenvalue weighted by Crippen LogP contribution is -2.27. The highest BCUT2D eigenvalue weighted by atomic mass is 19.1. The third kappa shape index (κ3) is 2.81. The molecule has 1 fully saturated rings. The van der Waals surface area contributed by atoms with Gasteiger partial charge in [-0.05, 0) is 44.9 Å². The van der Waals surface area contributed by atoms with E-state index in [0.717, 1.165) is 25.9 Å². The maximum Gasteiger partial charge on any atom is 0.253 e. The summed E-state index contributed by atoms with van der Waals surface area (Å²) in [5, 5.41) is 0. The normalized spacial score (nSPS) is 15.2. The number of nitrogens with zero attached hydrogens (tertiary/aromatic N) is 1. The molecule has 0 bridgehead atoms. The number of hydrogen-bond acceptors (Lipinski definition) is 2. The quantitative estimate of drug-likeness (QED) is 0.826. The highest BCUT2D eigenvalue weighted by molar-refractivity contribution is 5.94. The van der Waals surface area contributed by atoms with Crippen LogP contribution in [0.25, 0.3) is 0 Å². The minimum atomic E-state index is -0.478. The number of rotatable bonds is 3. The Labute approximate surface area is 107 Å². The first-order valence-electron chi connectivity index (χ1n) is 6.33. The summed E-state index contributed by atoms with van der Waals surface area (Å²) < 4.78 is 19.1. The predicted molar refractivity (Wildman–Crippen MR) is 67.3 cm³/mol. The van der Waals surface area contributed by atoms with Gasteiger partial charge in [-0.15, -0.1) is 0 Å². The van der Waals surface area contributed by atoms with Crippen molar-refractivity contribution in [2.75, 3.05) is 13.1 Å². The summed E-state index contributed by atoms with van der Waals surface area (Å²) in [6.45, 7) is 5.21. The molecule has 0 radical (unpaired) electrons. The van der Waals surface area contributed by atoms with Crippen LogP contribution in [-0.4, -0.2) is 30.0 Å². The van der Waals surface area contributed by atoms with E-state index < -0.39 is 5.82 Å². The van der Waals surface area contributed by atoms with Gasteiger partial charge in [0.25, 0.3) is 5.91 Å². The summed E-state index contributed by atoms with van der Waals surface area (Å²) in [6, 6.07) is 4.42. The van der Waals surface area contributed by atoms with E-state index in [2.05, 4.69) is 0 Å². The van der Waals surface area contributed by atoms with Crippen molar-refractivity contribution >= 4 is 5.91 Å². The Morgan fingerprint density at radius 1 is 1.33 bits per heavy atom. The van der Waals surface area contributed by atoms with Crippen LogP contribution in [0.1, 0.15) is 37.0 Å². The van der Waals surface area contributed by atoms with E-state index in [9.17, 15) is 9.18 Å². The number of halogens is 1. The first-order chi connectivity index (χ1) is 8.58. The molecule has 98 valence electrons.